The highest BCUT2D eigenvalue weighted by atomic mass is 35.5. The molecule has 0 saturated heterocycles. The molecule has 7 heteroatoms. The molecule has 2 aromatic rings. The van der Waals surface area contributed by atoms with Crippen LogP contribution in [0.2, 0.25) is 5.15 Å². The van der Waals surface area contributed by atoms with Crippen molar-refractivity contribution in [3.8, 4) is 0 Å². The van der Waals surface area contributed by atoms with E-state index in [4.69, 9.17) is 16.7 Å². The topological polar surface area (TPSA) is 72.9 Å². The highest BCUT2D eigenvalue weighted by Crippen LogP contribution is 2.11. The molecule has 0 saturated carbocycles. The predicted octanol–water partition coefficient (Wildman–Crippen LogP) is 1.32. The molecule has 90 valence electrons. The lowest BCUT2D eigenvalue weighted by molar-refractivity contribution is 0.0696. The van der Waals surface area contributed by atoms with Crippen LogP contribution in [0.15, 0.2) is 12.4 Å². The Labute approximate surface area is 102 Å². The maximum atomic E-state index is 10.9. The Hall–Kier alpha value is -1.82. The Balaban J connectivity index is 2.28. The number of imidazole rings is 1. The highest BCUT2D eigenvalue weighted by molar-refractivity contribution is 6.29. The van der Waals surface area contributed by atoms with Crippen LogP contribution in [0.25, 0.3) is 0 Å². The molecule has 0 unspecified atom stereocenters. The van der Waals surface area contributed by atoms with Crippen molar-refractivity contribution in [3.63, 3.8) is 0 Å². The number of halogens is 1. The molecule has 0 amide bonds. The standard InChI is InChI=1S/C10H11ClN4O2/c1-6-7(10(16)17)4-15(13-6)5-9-12-3-8(11)14(9)2/h3-4H,5H2,1-2H3,(H,16,17). The second-order valence-corrected chi connectivity index (χ2v) is 4.07. The van der Waals surface area contributed by atoms with Crippen molar-refractivity contribution in [1.82, 2.24) is 19.3 Å². The van der Waals surface area contributed by atoms with E-state index >= 15 is 0 Å². The van der Waals surface area contributed by atoms with E-state index in [9.17, 15) is 4.79 Å². The summed E-state index contributed by atoms with van der Waals surface area (Å²) in [6.45, 7) is 2.04. The lowest BCUT2D eigenvalue weighted by Crippen LogP contribution is -2.06. The number of nitrogens with zero attached hydrogens (tertiary/aromatic N) is 4. The monoisotopic (exact) mass is 254 g/mol. The average molecular weight is 255 g/mol. The summed E-state index contributed by atoms with van der Waals surface area (Å²) in [6.07, 6.45) is 3.03. The van der Waals surface area contributed by atoms with Crippen LogP contribution in [-0.4, -0.2) is 30.4 Å². The number of carbonyl (C=O) groups is 1. The van der Waals surface area contributed by atoms with E-state index in [1.165, 1.54) is 10.9 Å². The number of aryl methyl sites for hydroxylation is 1. The second-order valence-electron chi connectivity index (χ2n) is 3.69. The molecule has 0 bridgehead atoms. The molecule has 0 fully saturated rings. The molecule has 0 radical (unpaired) electrons. The molecule has 6 nitrogen and oxygen atoms in total. The van der Waals surface area contributed by atoms with Crippen molar-refractivity contribution in [2.45, 2.75) is 13.5 Å². The molecule has 1 N–H and O–H groups in total. The summed E-state index contributed by atoms with van der Waals surface area (Å²) in [4.78, 5) is 15.0. The van der Waals surface area contributed by atoms with E-state index in [2.05, 4.69) is 10.1 Å². The van der Waals surface area contributed by atoms with Crippen LogP contribution in [0.3, 0.4) is 0 Å². The molecule has 0 aromatic carbocycles. The maximum Gasteiger partial charge on any atom is 0.339 e. The van der Waals surface area contributed by atoms with Gasteiger partial charge in [-0.2, -0.15) is 5.10 Å². The minimum Gasteiger partial charge on any atom is -0.478 e. The molecule has 0 aliphatic rings. The Morgan fingerprint density at radius 2 is 2.29 bits per heavy atom. The predicted molar refractivity (Wildman–Crippen MR) is 61.2 cm³/mol. The van der Waals surface area contributed by atoms with Crippen LogP contribution in [0.4, 0.5) is 0 Å². The van der Waals surface area contributed by atoms with Gasteiger partial charge in [-0.15, -0.1) is 0 Å². The smallest absolute Gasteiger partial charge is 0.339 e. The van der Waals surface area contributed by atoms with Gasteiger partial charge in [-0.1, -0.05) is 11.6 Å². The van der Waals surface area contributed by atoms with E-state index < -0.39 is 5.97 Å². The van der Waals surface area contributed by atoms with Crippen molar-refractivity contribution in [2.24, 2.45) is 7.05 Å². The fraction of sp³-hybridized carbons (Fsp3) is 0.300. The zero-order valence-corrected chi connectivity index (χ0v) is 10.1. The number of aromatic carboxylic acids is 1. The fourth-order valence-corrected chi connectivity index (χ4v) is 1.67. The minimum atomic E-state index is -0.980. The number of carboxylic acids is 1. The number of hydrogen-bond acceptors (Lipinski definition) is 3. The van der Waals surface area contributed by atoms with Gasteiger partial charge in [0.25, 0.3) is 0 Å². The largest absolute Gasteiger partial charge is 0.478 e. The van der Waals surface area contributed by atoms with Crippen molar-refractivity contribution >= 4 is 17.6 Å². The fourth-order valence-electron chi connectivity index (χ4n) is 1.52. The van der Waals surface area contributed by atoms with E-state index in [0.717, 1.165) is 5.82 Å². The quantitative estimate of drug-likeness (QED) is 0.897. The Kier molecular flexibility index (Phi) is 2.89. The van der Waals surface area contributed by atoms with E-state index in [1.54, 1.807) is 24.7 Å². The molecule has 0 aliphatic carbocycles. The van der Waals surface area contributed by atoms with Crippen molar-refractivity contribution in [2.75, 3.05) is 0 Å². The second kappa shape index (κ2) is 4.21. The SMILES string of the molecule is Cc1nn(Cc2ncc(Cl)n2C)cc1C(=O)O. The van der Waals surface area contributed by atoms with Gasteiger partial charge in [0.05, 0.1) is 18.4 Å². The average Bonchev–Trinajstić information content (AvgIpc) is 2.76. The third kappa shape index (κ3) is 2.16. The first kappa shape index (κ1) is 11.7. The third-order valence-electron chi connectivity index (χ3n) is 2.51. The third-order valence-corrected chi connectivity index (χ3v) is 2.86. The first-order valence-electron chi connectivity index (χ1n) is 4.92. The van der Waals surface area contributed by atoms with Crippen LogP contribution in [-0.2, 0) is 13.6 Å². The van der Waals surface area contributed by atoms with Crippen LogP contribution >= 0.6 is 11.6 Å². The van der Waals surface area contributed by atoms with E-state index in [1.807, 2.05) is 0 Å². The van der Waals surface area contributed by atoms with Gasteiger partial charge < -0.3 is 9.67 Å². The zero-order valence-electron chi connectivity index (χ0n) is 9.38. The summed E-state index contributed by atoms with van der Waals surface area (Å²) in [5, 5.41) is 13.6. The van der Waals surface area contributed by atoms with Gasteiger partial charge in [0.15, 0.2) is 0 Å². The number of hydrogen-bond donors (Lipinski definition) is 1. The minimum absolute atomic E-state index is 0.199. The van der Waals surface area contributed by atoms with Crippen molar-refractivity contribution in [3.05, 3.63) is 34.6 Å². The van der Waals surface area contributed by atoms with Gasteiger partial charge >= 0.3 is 5.97 Å². The van der Waals surface area contributed by atoms with Crippen LogP contribution in [0.1, 0.15) is 21.9 Å². The first-order chi connectivity index (χ1) is 7.99. The maximum absolute atomic E-state index is 10.9. The van der Waals surface area contributed by atoms with Crippen molar-refractivity contribution in [1.29, 1.82) is 0 Å². The number of aromatic nitrogens is 4. The Morgan fingerprint density at radius 3 is 2.76 bits per heavy atom. The molecular weight excluding hydrogens is 244 g/mol. The summed E-state index contributed by atoms with van der Waals surface area (Å²) in [6, 6.07) is 0. The zero-order chi connectivity index (χ0) is 12.6. The Bertz CT molecular complexity index is 573. The normalized spacial score (nSPS) is 10.8. The van der Waals surface area contributed by atoms with Crippen LogP contribution in [0, 0.1) is 6.92 Å². The van der Waals surface area contributed by atoms with Gasteiger partial charge in [-0.3, -0.25) is 4.68 Å². The van der Waals surface area contributed by atoms with Gasteiger partial charge in [-0.25, -0.2) is 9.78 Å². The van der Waals surface area contributed by atoms with Crippen LogP contribution < -0.4 is 0 Å². The molecular formula is C10H11ClN4O2. The summed E-state index contributed by atoms with van der Waals surface area (Å²) in [5.74, 6) is -0.263. The molecule has 0 atom stereocenters. The molecule has 2 rings (SSSR count). The summed E-state index contributed by atoms with van der Waals surface area (Å²) >= 11 is 5.86. The van der Waals surface area contributed by atoms with Gasteiger partial charge in [0, 0.05) is 13.2 Å². The molecule has 2 heterocycles. The molecule has 17 heavy (non-hydrogen) atoms. The van der Waals surface area contributed by atoms with Gasteiger partial charge in [0.1, 0.15) is 16.5 Å². The number of rotatable bonds is 3. The Morgan fingerprint density at radius 1 is 1.59 bits per heavy atom. The van der Waals surface area contributed by atoms with E-state index in [-0.39, 0.29) is 5.56 Å². The summed E-state index contributed by atoms with van der Waals surface area (Å²) in [5.41, 5.74) is 0.683. The first-order valence-corrected chi connectivity index (χ1v) is 5.30. The van der Waals surface area contributed by atoms with Crippen molar-refractivity contribution < 1.29 is 9.90 Å². The molecule has 2 aromatic heterocycles. The molecule has 0 spiro atoms. The van der Waals surface area contributed by atoms with E-state index in [0.29, 0.717) is 17.4 Å². The van der Waals surface area contributed by atoms with Crippen LogP contribution in [0.5, 0.6) is 0 Å². The van der Waals surface area contributed by atoms with Gasteiger partial charge in [0.2, 0.25) is 0 Å². The lowest BCUT2D eigenvalue weighted by Gasteiger charge is -2.02. The number of carboxylic acid groups (broad SMARTS) is 1. The van der Waals surface area contributed by atoms with Gasteiger partial charge in [-0.05, 0) is 6.92 Å². The lowest BCUT2D eigenvalue weighted by atomic mass is 10.3. The molecule has 0 aliphatic heterocycles. The summed E-state index contributed by atoms with van der Waals surface area (Å²) < 4.78 is 3.26. The summed E-state index contributed by atoms with van der Waals surface area (Å²) in [7, 11) is 1.79. The highest BCUT2D eigenvalue weighted by Gasteiger charge is 2.13.